The van der Waals surface area contributed by atoms with Crippen molar-refractivity contribution in [3.63, 3.8) is 0 Å². The molecule has 1 aliphatic heterocycles. The molecule has 1 aliphatic rings. The zero-order valence-electron chi connectivity index (χ0n) is 11.2. The van der Waals surface area contributed by atoms with Crippen LogP contribution in [-0.2, 0) is 16.4 Å². The minimum absolute atomic E-state index is 0.223. The van der Waals surface area contributed by atoms with E-state index in [1.807, 2.05) is 6.92 Å². The summed E-state index contributed by atoms with van der Waals surface area (Å²) in [4.78, 5) is 6.95. The van der Waals surface area contributed by atoms with Crippen LogP contribution in [0.4, 0.5) is 0 Å². The molecule has 1 saturated heterocycles. The van der Waals surface area contributed by atoms with Gasteiger partial charge in [0.05, 0.1) is 6.20 Å². The molecule has 0 aliphatic carbocycles. The number of nitrogens with zero attached hydrogens (tertiary/aromatic N) is 2. The molecule has 1 fully saturated rings. The number of aromatic amines is 1. The first-order chi connectivity index (χ1) is 8.45. The van der Waals surface area contributed by atoms with Gasteiger partial charge < -0.3 is 4.98 Å². The smallest absolute Gasteiger partial charge is 0.260 e. The highest BCUT2D eigenvalue weighted by molar-refractivity contribution is 7.89. The molecule has 0 amide bonds. The molecule has 0 aromatic carbocycles. The van der Waals surface area contributed by atoms with Crippen LogP contribution in [0.2, 0.25) is 0 Å². The lowest BCUT2D eigenvalue weighted by Crippen LogP contribution is -2.42. The number of aromatic nitrogens is 2. The van der Waals surface area contributed by atoms with Crippen molar-refractivity contribution in [1.82, 2.24) is 14.3 Å². The number of hydrogen-bond donors (Lipinski definition) is 1. The van der Waals surface area contributed by atoms with E-state index >= 15 is 0 Å². The molecule has 5 nitrogen and oxygen atoms in total. The molecular weight excluding hydrogens is 250 g/mol. The van der Waals surface area contributed by atoms with Crippen LogP contribution in [0.5, 0.6) is 0 Å². The Morgan fingerprint density at radius 1 is 1.44 bits per heavy atom. The Labute approximate surface area is 109 Å². The molecule has 0 radical (unpaired) electrons. The van der Waals surface area contributed by atoms with Gasteiger partial charge in [0.2, 0.25) is 0 Å². The summed E-state index contributed by atoms with van der Waals surface area (Å²) in [7, 11) is -3.39. The van der Waals surface area contributed by atoms with Gasteiger partial charge in [0.1, 0.15) is 5.82 Å². The molecule has 1 aromatic heterocycles. The Bertz CT molecular complexity index is 509. The summed E-state index contributed by atoms with van der Waals surface area (Å²) in [5.74, 6) is 1.71. The van der Waals surface area contributed by atoms with E-state index in [0.717, 1.165) is 6.42 Å². The second-order valence-corrected chi connectivity index (χ2v) is 7.06. The fourth-order valence-electron chi connectivity index (χ4n) is 2.24. The Kier molecular flexibility index (Phi) is 3.77. The van der Waals surface area contributed by atoms with Crippen LogP contribution < -0.4 is 0 Å². The molecule has 2 heterocycles. The molecule has 1 aromatic rings. The minimum Gasteiger partial charge on any atom is -0.332 e. The van der Waals surface area contributed by atoms with Gasteiger partial charge in [-0.3, -0.25) is 0 Å². The maximum absolute atomic E-state index is 12.4. The first-order valence-corrected chi connectivity index (χ1v) is 7.93. The molecule has 2 rings (SSSR count). The average molecular weight is 271 g/mol. The topological polar surface area (TPSA) is 66.1 Å². The molecule has 6 heteroatoms. The van der Waals surface area contributed by atoms with E-state index in [2.05, 4.69) is 23.8 Å². The van der Waals surface area contributed by atoms with Crippen molar-refractivity contribution in [2.24, 2.45) is 11.8 Å². The Hall–Kier alpha value is -0.880. The molecule has 0 spiro atoms. The third-order valence-electron chi connectivity index (χ3n) is 3.85. The summed E-state index contributed by atoms with van der Waals surface area (Å²) < 4.78 is 26.4. The number of aryl methyl sites for hydroxylation is 1. The number of piperidine rings is 1. The lowest BCUT2D eigenvalue weighted by Gasteiger charge is -2.33. The molecule has 1 N–H and O–H groups in total. The normalized spacial score (nSPS) is 26.4. The van der Waals surface area contributed by atoms with E-state index in [4.69, 9.17) is 0 Å². The van der Waals surface area contributed by atoms with Crippen molar-refractivity contribution in [3.8, 4) is 0 Å². The van der Waals surface area contributed by atoms with Gasteiger partial charge >= 0.3 is 0 Å². The van der Waals surface area contributed by atoms with Crippen LogP contribution in [0.15, 0.2) is 11.2 Å². The number of hydrogen-bond acceptors (Lipinski definition) is 3. The molecule has 0 saturated carbocycles. The van der Waals surface area contributed by atoms with Crippen molar-refractivity contribution in [2.45, 2.75) is 38.6 Å². The van der Waals surface area contributed by atoms with Crippen LogP contribution in [0, 0.1) is 11.8 Å². The minimum atomic E-state index is -3.39. The van der Waals surface area contributed by atoms with Gasteiger partial charge in [-0.15, -0.1) is 0 Å². The van der Waals surface area contributed by atoms with Crippen LogP contribution in [-0.4, -0.2) is 35.8 Å². The van der Waals surface area contributed by atoms with E-state index < -0.39 is 10.0 Å². The van der Waals surface area contributed by atoms with E-state index in [1.54, 1.807) is 4.31 Å². The van der Waals surface area contributed by atoms with Gasteiger partial charge in [0.25, 0.3) is 10.0 Å². The lowest BCUT2D eigenvalue weighted by atomic mass is 9.90. The monoisotopic (exact) mass is 271 g/mol. The quantitative estimate of drug-likeness (QED) is 0.909. The Balaban J connectivity index is 2.21. The highest BCUT2D eigenvalue weighted by Gasteiger charge is 2.32. The molecule has 18 heavy (non-hydrogen) atoms. The number of imidazole rings is 1. The third-order valence-corrected chi connectivity index (χ3v) is 5.63. The molecule has 2 atom stereocenters. The highest BCUT2D eigenvalue weighted by Crippen LogP contribution is 2.26. The zero-order chi connectivity index (χ0) is 13.3. The van der Waals surface area contributed by atoms with Gasteiger partial charge in [-0.2, -0.15) is 4.31 Å². The summed E-state index contributed by atoms with van der Waals surface area (Å²) in [6.07, 6.45) is 3.06. The summed E-state index contributed by atoms with van der Waals surface area (Å²) in [6, 6.07) is 0. The lowest BCUT2D eigenvalue weighted by molar-refractivity contribution is 0.212. The number of nitrogens with one attached hydrogen (secondary N) is 1. The van der Waals surface area contributed by atoms with Crippen molar-refractivity contribution in [2.75, 3.05) is 13.1 Å². The molecule has 2 unspecified atom stereocenters. The fraction of sp³-hybridized carbons (Fsp3) is 0.750. The van der Waals surface area contributed by atoms with Crippen LogP contribution in [0.3, 0.4) is 0 Å². The second-order valence-electron chi connectivity index (χ2n) is 5.15. The van der Waals surface area contributed by atoms with Crippen LogP contribution in [0.1, 0.15) is 33.0 Å². The van der Waals surface area contributed by atoms with Crippen LogP contribution >= 0.6 is 0 Å². The SMILES string of the molecule is CCc1ncc(S(=O)(=O)N2CCC(C)C(C)C2)[nH]1. The molecule has 102 valence electrons. The van der Waals surface area contributed by atoms with E-state index in [9.17, 15) is 8.42 Å². The average Bonchev–Trinajstić information content (AvgIpc) is 2.81. The summed E-state index contributed by atoms with van der Waals surface area (Å²) in [5, 5.41) is 0.223. The van der Waals surface area contributed by atoms with Crippen molar-refractivity contribution in [3.05, 3.63) is 12.0 Å². The fourth-order valence-corrected chi connectivity index (χ4v) is 3.72. The van der Waals surface area contributed by atoms with Gasteiger partial charge in [-0.25, -0.2) is 13.4 Å². The Morgan fingerprint density at radius 2 is 2.17 bits per heavy atom. The van der Waals surface area contributed by atoms with Crippen molar-refractivity contribution < 1.29 is 8.42 Å². The standard InChI is InChI=1S/C12H21N3O2S/c1-4-11-13-7-12(14-11)18(16,17)15-6-5-9(2)10(3)8-15/h7,9-10H,4-6,8H2,1-3H3,(H,13,14). The van der Waals surface area contributed by atoms with Crippen molar-refractivity contribution in [1.29, 1.82) is 0 Å². The van der Waals surface area contributed by atoms with Gasteiger partial charge in [-0.1, -0.05) is 20.8 Å². The summed E-state index contributed by atoms with van der Waals surface area (Å²) in [5.41, 5.74) is 0. The predicted molar refractivity (Wildman–Crippen MR) is 69.7 cm³/mol. The van der Waals surface area contributed by atoms with E-state index in [0.29, 0.717) is 37.2 Å². The number of H-pyrrole nitrogens is 1. The largest absolute Gasteiger partial charge is 0.332 e. The summed E-state index contributed by atoms with van der Waals surface area (Å²) >= 11 is 0. The van der Waals surface area contributed by atoms with Crippen LogP contribution in [0.25, 0.3) is 0 Å². The Morgan fingerprint density at radius 3 is 2.72 bits per heavy atom. The first kappa shape index (κ1) is 13.5. The molecule has 0 bridgehead atoms. The molecular formula is C12H21N3O2S. The van der Waals surface area contributed by atoms with E-state index in [-0.39, 0.29) is 5.03 Å². The maximum atomic E-state index is 12.4. The van der Waals surface area contributed by atoms with Gasteiger partial charge in [0, 0.05) is 19.5 Å². The van der Waals surface area contributed by atoms with E-state index in [1.165, 1.54) is 6.20 Å². The predicted octanol–water partition coefficient (Wildman–Crippen LogP) is 1.64. The van der Waals surface area contributed by atoms with Gasteiger partial charge in [-0.05, 0) is 18.3 Å². The first-order valence-electron chi connectivity index (χ1n) is 6.49. The second kappa shape index (κ2) is 5.01. The zero-order valence-corrected chi connectivity index (χ0v) is 12.0. The third kappa shape index (κ3) is 2.44. The highest BCUT2D eigenvalue weighted by atomic mass is 32.2. The number of sulfonamides is 1. The van der Waals surface area contributed by atoms with Crippen molar-refractivity contribution >= 4 is 10.0 Å². The van der Waals surface area contributed by atoms with Gasteiger partial charge in [0.15, 0.2) is 5.03 Å². The maximum Gasteiger partial charge on any atom is 0.260 e. The summed E-state index contributed by atoms with van der Waals surface area (Å²) in [6.45, 7) is 7.44. The number of rotatable bonds is 3.